The van der Waals surface area contributed by atoms with E-state index in [1.807, 2.05) is 6.07 Å². The van der Waals surface area contributed by atoms with Crippen molar-refractivity contribution in [2.45, 2.75) is 18.9 Å². The Labute approximate surface area is 107 Å². The van der Waals surface area contributed by atoms with Crippen molar-refractivity contribution in [1.29, 1.82) is 0 Å². The molecule has 1 aromatic heterocycles. The zero-order valence-electron chi connectivity index (χ0n) is 10.0. The zero-order valence-corrected chi connectivity index (χ0v) is 10.8. The predicted octanol–water partition coefficient (Wildman–Crippen LogP) is -0.0301. The molecule has 0 aliphatic carbocycles. The molecule has 0 aromatic carbocycles. The Morgan fingerprint density at radius 1 is 1.44 bits per heavy atom. The molecule has 0 radical (unpaired) electrons. The van der Waals surface area contributed by atoms with Gasteiger partial charge in [-0.15, -0.1) is 0 Å². The van der Waals surface area contributed by atoms with E-state index in [0.29, 0.717) is 6.54 Å². The Morgan fingerprint density at radius 2 is 2.28 bits per heavy atom. The van der Waals surface area contributed by atoms with E-state index in [4.69, 9.17) is 0 Å². The van der Waals surface area contributed by atoms with Crippen molar-refractivity contribution >= 4 is 15.6 Å². The largest absolute Gasteiger partial charge is 0.312 e. The summed E-state index contributed by atoms with van der Waals surface area (Å²) in [5.41, 5.74) is 0.723. The van der Waals surface area contributed by atoms with Crippen LogP contribution in [0.4, 0.5) is 0 Å². The van der Waals surface area contributed by atoms with Gasteiger partial charge in [0.15, 0.2) is 9.84 Å². The Hall–Kier alpha value is -1.27. The summed E-state index contributed by atoms with van der Waals surface area (Å²) in [4.78, 5) is 15.9. The molecule has 2 rings (SSSR count). The van der Waals surface area contributed by atoms with Gasteiger partial charge in [-0.25, -0.2) is 8.42 Å². The smallest absolute Gasteiger partial charge is 0.153 e. The molecular weight excluding hydrogens is 252 g/mol. The second kappa shape index (κ2) is 5.58. The lowest BCUT2D eigenvalue weighted by Crippen LogP contribution is -2.46. The molecule has 1 saturated heterocycles. The molecule has 1 aliphatic rings. The maximum Gasteiger partial charge on any atom is 0.153 e. The number of hydrogen-bond acceptors (Lipinski definition) is 5. The van der Waals surface area contributed by atoms with E-state index in [1.165, 1.54) is 0 Å². The zero-order chi connectivity index (χ0) is 13.0. The molecular formula is C12H16N2O3S. The van der Waals surface area contributed by atoms with E-state index in [-0.39, 0.29) is 36.2 Å². The normalized spacial score (nSPS) is 22.6. The second-order valence-corrected chi connectivity index (χ2v) is 6.73. The molecule has 1 aromatic rings. The molecule has 98 valence electrons. The van der Waals surface area contributed by atoms with Gasteiger partial charge in [-0.05, 0) is 12.1 Å². The third kappa shape index (κ3) is 3.89. The second-order valence-electron chi connectivity index (χ2n) is 4.51. The highest BCUT2D eigenvalue weighted by Crippen LogP contribution is 2.07. The number of carbonyl (C=O) groups excluding carboxylic acids is 1. The van der Waals surface area contributed by atoms with Crippen molar-refractivity contribution in [1.82, 2.24) is 10.3 Å². The monoisotopic (exact) mass is 268 g/mol. The molecule has 1 fully saturated rings. The van der Waals surface area contributed by atoms with Gasteiger partial charge in [0, 0.05) is 37.3 Å². The summed E-state index contributed by atoms with van der Waals surface area (Å²) in [6.45, 7) is 0.434. The van der Waals surface area contributed by atoms with E-state index in [2.05, 4.69) is 10.3 Å². The fourth-order valence-corrected chi connectivity index (χ4v) is 3.49. The van der Waals surface area contributed by atoms with Crippen LogP contribution in [-0.4, -0.2) is 43.3 Å². The molecule has 1 aliphatic heterocycles. The summed E-state index contributed by atoms with van der Waals surface area (Å²) in [6, 6.07) is 5.17. The molecule has 1 unspecified atom stereocenters. The number of ketones is 1. The first-order valence-electron chi connectivity index (χ1n) is 5.90. The first kappa shape index (κ1) is 13.2. The van der Waals surface area contributed by atoms with Crippen molar-refractivity contribution in [3.05, 3.63) is 30.1 Å². The summed E-state index contributed by atoms with van der Waals surface area (Å²) in [6.07, 6.45) is 2.15. The lowest BCUT2D eigenvalue weighted by molar-refractivity contribution is -0.118. The van der Waals surface area contributed by atoms with Crippen LogP contribution in [0, 0.1) is 0 Å². The molecule has 18 heavy (non-hydrogen) atoms. The van der Waals surface area contributed by atoms with Gasteiger partial charge < -0.3 is 5.32 Å². The highest BCUT2D eigenvalue weighted by molar-refractivity contribution is 7.91. The molecule has 0 bridgehead atoms. The number of nitrogens with one attached hydrogen (secondary N) is 1. The number of pyridine rings is 1. The first-order chi connectivity index (χ1) is 8.55. The van der Waals surface area contributed by atoms with E-state index in [0.717, 1.165) is 5.69 Å². The van der Waals surface area contributed by atoms with Gasteiger partial charge in [0.1, 0.15) is 5.78 Å². The van der Waals surface area contributed by atoms with Gasteiger partial charge in [0.05, 0.1) is 11.5 Å². The van der Waals surface area contributed by atoms with Crippen molar-refractivity contribution in [2.75, 3.05) is 18.1 Å². The summed E-state index contributed by atoms with van der Waals surface area (Å²) in [5.74, 6) is 0.238. The lowest BCUT2D eigenvalue weighted by atomic mass is 10.1. The van der Waals surface area contributed by atoms with Gasteiger partial charge in [0.25, 0.3) is 0 Å². The van der Waals surface area contributed by atoms with Crippen molar-refractivity contribution in [2.24, 2.45) is 0 Å². The number of carbonyl (C=O) groups is 1. The predicted molar refractivity (Wildman–Crippen MR) is 68.0 cm³/mol. The van der Waals surface area contributed by atoms with Crippen LogP contribution in [0.2, 0.25) is 0 Å². The van der Waals surface area contributed by atoms with Gasteiger partial charge in [-0.3, -0.25) is 9.78 Å². The Kier molecular flexibility index (Phi) is 4.08. The standard InChI is InChI=1S/C12H16N2O3S/c15-12(7-10-3-1-2-4-13-10)8-11-9-18(16,17)6-5-14-11/h1-4,11,14H,5-9H2. The van der Waals surface area contributed by atoms with Crippen molar-refractivity contribution in [3.63, 3.8) is 0 Å². The van der Waals surface area contributed by atoms with Crippen LogP contribution in [0.25, 0.3) is 0 Å². The van der Waals surface area contributed by atoms with Crippen LogP contribution >= 0.6 is 0 Å². The third-order valence-corrected chi connectivity index (χ3v) is 4.62. The topological polar surface area (TPSA) is 76.1 Å². The van der Waals surface area contributed by atoms with Gasteiger partial charge in [-0.2, -0.15) is 0 Å². The number of hydrogen-bond donors (Lipinski definition) is 1. The minimum Gasteiger partial charge on any atom is -0.312 e. The van der Waals surface area contributed by atoms with Crippen LogP contribution in [0.3, 0.4) is 0 Å². The van der Waals surface area contributed by atoms with Crippen LogP contribution in [-0.2, 0) is 21.1 Å². The maximum absolute atomic E-state index is 11.8. The van der Waals surface area contributed by atoms with Gasteiger partial charge >= 0.3 is 0 Å². The van der Waals surface area contributed by atoms with Crippen LogP contribution < -0.4 is 5.32 Å². The molecule has 2 heterocycles. The lowest BCUT2D eigenvalue weighted by Gasteiger charge is -2.22. The molecule has 5 nitrogen and oxygen atoms in total. The van der Waals surface area contributed by atoms with Crippen LogP contribution in [0.1, 0.15) is 12.1 Å². The number of rotatable bonds is 4. The Bertz CT molecular complexity index is 513. The maximum atomic E-state index is 11.8. The number of sulfone groups is 1. The molecule has 0 amide bonds. The first-order valence-corrected chi connectivity index (χ1v) is 7.73. The van der Waals surface area contributed by atoms with Crippen molar-refractivity contribution < 1.29 is 13.2 Å². The molecule has 0 spiro atoms. The summed E-state index contributed by atoms with van der Waals surface area (Å²) >= 11 is 0. The fourth-order valence-electron chi connectivity index (χ4n) is 2.05. The summed E-state index contributed by atoms with van der Waals surface area (Å²) in [7, 11) is -2.98. The van der Waals surface area contributed by atoms with Crippen LogP contribution in [0.5, 0.6) is 0 Å². The van der Waals surface area contributed by atoms with E-state index in [9.17, 15) is 13.2 Å². The summed E-state index contributed by atoms with van der Waals surface area (Å²) < 4.78 is 22.9. The minimum absolute atomic E-state index is 0.0169. The molecule has 6 heteroatoms. The van der Waals surface area contributed by atoms with Gasteiger partial charge in [0.2, 0.25) is 0 Å². The third-order valence-electron chi connectivity index (χ3n) is 2.88. The Balaban J connectivity index is 1.88. The number of Topliss-reactive ketones (excluding diaryl/α,β-unsaturated/α-hetero) is 1. The quantitative estimate of drug-likeness (QED) is 0.830. The minimum atomic E-state index is -2.98. The molecule has 1 atom stereocenters. The SMILES string of the molecule is O=C(Cc1ccccn1)CC1CS(=O)(=O)CCN1. The van der Waals surface area contributed by atoms with E-state index in [1.54, 1.807) is 18.3 Å². The van der Waals surface area contributed by atoms with Crippen LogP contribution in [0.15, 0.2) is 24.4 Å². The van der Waals surface area contributed by atoms with Gasteiger partial charge in [-0.1, -0.05) is 6.07 Å². The Morgan fingerprint density at radius 3 is 2.94 bits per heavy atom. The molecule has 1 N–H and O–H groups in total. The average Bonchev–Trinajstić information content (AvgIpc) is 2.28. The average molecular weight is 268 g/mol. The summed E-state index contributed by atoms with van der Waals surface area (Å²) in [5, 5.41) is 3.07. The molecule has 0 saturated carbocycles. The number of aromatic nitrogens is 1. The fraction of sp³-hybridized carbons (Fsp3) is 0.500. The highest BCUT2D eigenvalue weighted by Gasteiger charge is 2.25. The highest BCUT2D eigenvalue weighted by atomic mass is 32.2. The van der Waals surface area contributed by atoms with Crippen molar-refractivity contribution in [3.8, 4) is 0 Å². The van der Waals surface area contributed by atoms with E-state index < -0.39 is 9.84 Å². The van der Waals surface area contributed by atoms with E-state index >= 15 is 0 Å². The number of nitrogens with zero attached hydrogens (tertiary/aromatic N) is 1.